The van der Waals surface area contributed by atoms with Gasteiger partial charge in [-0.3, -0.25) is 14.4 Å². The van der Waals surface area contributed by atoms with Gasteiger partial charge in [-0.2, -0.15) is 0 Å². The standard InChI is InChI=1S/C22H32N4O4/c1-3-25(21(28)8-9-23-22(29)19-14-16(19)2)15-20(27)24-17-4-6-18(7-5-17)26-10-12-30-13-11-26/h4-7,16,19H,3,8-15H2,1-2H3,(H,23,29)(H,24,27). The second kappa shape index (κ2) is 10.4. The van der Waals surface area contributed by atoms with E-state index >= 15 is 0 Å². The second-order valence-corrected chi connectivity index (χ2v) is 7.96. The monoisotopic (exact) mass is 416 g/mol. The Morgan fingerprint density at radius 2 is 1.83 bits per heavy atom. The SMILES string of the molecule is CCN(CC(=O)Nc1ccc(N2CCOCC2)cc1)C(=O)CCNC(=O)C1CC1C. The number of rotatable bonds is 9. The summed E-state index contributed by atoms with van der Waals surface area (Å²) < 4.78 is 5.37. The van der Waals surface area contributed by atoms with Crippen molar-refractivity contribution >= 4 is 29.1 Å². The molecule has 0 radical (unpaired) electrons. The highest BCUT2D eigenvalue weighted by atomic mass is 16.5. The van der Waals surface area contributed by atoms with Crippen LogP contribution in [0.3, 0.4) is 0 Å². The number of ether oxygens (including phenoxy) is 1. The zero-order chi connectivity index (χ0) is 21.5. The predicted octanol–water partition coefficient (Wildman–Crippen LogP) is 1.47. The molecule has 2 fully saturated rings. The molecule has 1 aliphatic heterocycles. The van der Waals surface area contributed by atoms with Crippen molar-refractivity contribution in [2.45, 2.75) is 26.7 Å². The lowest BCUT2D eigenvalue weighted by atomic mass is 10.2. The van der Waals surface area contributed by atoms with Crippen LogP contribution >= 0.6 is 0 Å². The number of carbonyl (C=O) groups is 3. The molecule has 1 aromatic rings. The normalized spacial score (nSPS) is 20.4. The number of hydrogen-bond donors (Lipinski definition) is 2. The van der Waals surface area contributed by atoms with Gasteiger partial charge in [0, 0.05) is 49.9 Å². The van der Waals surface area contributed by atoms with E-state index in [1.54, 1.807) is 0 Å². The highest BCUT2D eigenvalue weighted by Gasteiger charge is 2.38. The highest BCUT2D eigenvalue weighted by Crippen LogP contribution is 2.37. The van der Waals surface area contributed by atoms with Crippen molar-refractivity contribution in [3.8, 4) is 0 Å². The smallest absolute Gasteiger partial charge is 0.243 e. The summed E-state index contributed by atoms with van der Waals surface area (Å²) in [5, 5.41) is 5.66. The van der Waals surface area contributed by atoms with Crippen molar-refractivity contribution in [1.29, 1.82) is 0 Å². The molecule has 0 spiro atoms. The Bertz CT molecular complexity index is 746. The molecule has 8 nitrogen and oxygen atoms in total. The van der Waals surface area contributed by atoms with Gasteiger partial charge in [0.1, 0.15) is 0 Å². The Labute approximate surface area is 177 Å². The summed E-state index contributed by atoms with van der Waals surface area (Å²) >= 11 is 0. The fourth-order valence-corrected chi connectivity index (χ4v) is 3.60. The highest BCUT2D eigenvalue weighted by molar-refractivity contribution is 5.94. The van der Waals surface area contributed by atoms with E-state index in [0.717, 1.165) is 38.4 Å². The van der Waals surface area contributed by atoms with Gasteiger partial charge in [-0.1, -0.05) is 6.92 Å². The largest absolute Gasteiger partial charge is 0.378 e. The summed E-state index contributed by atoms with van der Waals surface area (Å²) in [5.41, 5.74) is 1.80. The number of amides is 3. The topological polar surface area (TPSA) is 91.0 Å². The molecule has 1 aliphatic carbocycles. The number of likely N-dealkylation sites (N-methyl/N-ethyl adjacent to an activating group) is 1. The van der Waals surface area contributed by atoms with E-state index in [2.05, 4.69) is 15.5 Å². The lowest BCUT2D eigenvalue weighted by Gasteiger charge is -2.29. The lowest BCUT2D eigenvalue weighted by Crippen LogP contribution is -2.39. The summed E-state index contributed by atoms with van der Waals surface area (Å²) in [6.45, 7) is 7.80. The van der Waals surface area contributed by atoms with Crippen LogP contribution in [-0.2, 0) is 19.1 Å². The summed E-state index contributed by atoms with van der Waals surface area (Å²) in [6, 6.07) is 7.70. The van der Waals surface area contributed by atoms with Gasteiger partial charge in [-0.15, -0.1) is 0 Å². The maximum Gasteiger partial charge on any atom is 0.243 e. The van der Waals surface area contributed by atoms with E-state index in [-0.39, 0.29) is 36.6 Å². The van der Waals surface area contributed by atoms with E-state index in [4.69, 9.17) is 4.74 Å². The number of anilines is 2. The average Bonchev–Trinajstić information content (AvgIpc) is 3.49. The molecule has 1 aromatic carbocycles. The first-order valence-electron chi connectivity index (χ1n) is 10.8. The third-order valence-electron chi connectivity index (χ3n) is 5.68. The first-order valence-corrected chi connectivity index (χ1v) is 10.8. The van der Waals surface area contributed by atoms with Crippen LogP contribution in [-0.4, -0.2) is 68.6 Å². The van der Waals surface area contributed by atoms with Gasteiger partial charge in [-0.05, 0) is 43.5 Å². The molecular formula is C22H32N4O4. The van der Waals surface area contributed by atoms with Crippen LogP contribution in [0.1, 0.15) is 26.7 Å². The van der Waals surface area contributed by atoms with Crippen LogP contribution in [0.2, 0.25) is 0 Å². The molecule has 2 atom stereocenters. The van der Waals surface area contributed by atoms with E-state index in [1.807, 2.05) is 38.1 Å². The van der Waals surface area contributed by atoms with Crippen LogP contribution in [0.5, 0.6) is 0 Å². The Morgan fingerprint density at radius 3 is 2.43 bits per heavy atom. The molecule has 1 saturated carbocycles. The molecule has 2 N–H and O–H groups in total. The predicted molar refractivity (Wildman–Crippen MR) is 115 cm³/mol. The van der Waals surface area contributed by atoms with Crippen molar-refractivity contribution in [2.75, 3.05) is 56.2 Å². The molecule has 8 heteroatoms. The molecule has 1 saturated heterocycles. The average molecular weight is 417 g/mol. The molecule has 3 amide bonds. The second-order valence-electron chi connectivity index (χ2n) is 7.96. The van der Waals surface area contributed by atoms with Crippen LogP contribution in [0.4, 0.5) is 11.4 Å². The lowest BCUT2D eigenvalue weighted by molar-refractivity contribution is -0.134. The number of benzene rings is 1. The minimum atomic E-state index is -0.236. The van der Waals surface area contributed by atoms with Gasteiger partial charge in [0.2, 0.25) is 17.7 Å². The Kier molecular flexibility index (Phi) is 7.68. The van der Waals surface area contributed by atoms with Gasteiger partial charge in [-0.25, -0.2) is 0 Å². The van der Waals surface area contributed by atoms with Gasteiger partial charge < -0.3 is 25.2 Å². The minimum Gasteiger partial charge on any atom is -0.378 e. The van der Waals surface area contributed by atoms with E-state index in [9.17, 15) is 14.4 Å². The summed E-state index contributed by atoms with van der Waals surface area (Å²) in [5.74, 6) is 0.193. The number of hydrogen-bond acceptors (Lipinski definition) is 5. The van der Waals surface area contributed by atoms with Crippen molar-refractivity contribution in [3.05, 3.63) is 24.3 Å². The Balaban J connectivity index is 1.41. The first-order chi connectivity index (χ1) is 14.5. The van der Waals surface area contributed by atoms with Crippen molar-refractivity contribution < 1.29 is 19.1 Å². The quantitative estimate of drug-likeness (QED) is 0.636. The molecule has 2 unspecified atom stereocenters. The molecule has 2 aliphatic rings. The summed E-state index contributed by atoms with van der Waals surface area (Å²) in [6.07, 6.45) is 1.12. The number of carbonyl (C=O) groups excluding carboxylic acids is 3. The van der Waals surface area contributed by atoms with Crippen LogP contribution in [0.15, 0.2) is 24.3 Å². The van der Waals surface area contributed by atoms with Gasteiger partial charge in [0.25, 0.3) is 0 Å². The molecule has 3 rings (SSSR count). The van der Waals surface area contributed by atoms with Crippen LogP contribution in [0.25, 0.3) is 0 Å². The fourth-order valence-electron chi connectivity index (χ4n) is 3.60. The number of nitrogens with one attached hydrogen (secondary N) is 2. The molecular weight excluding hydrogens is 384 g/mol. The molecule has 0 aromatic heterocycles. The maximum atomic E-state index is 12.4. The van der Waals surface area contributed by atoms with Crippen molar-refractivity contribution in [2.24, 2.45) is 11.8 Å². The molecule has 30 heavy (non-hydrogen) atoms. The Morgan fingerprint density at radius 1 is 1.17 bits per heavy atom. The molecule has 164 valence electrons. The molecule has 1 heterocycles. The first kappa shape index (κ1) is 22.1. The van der Waals surface area contributed by atoms with Crippen LogP contribution < -0.4 is 15.5 Å². The van der Waals surface area contributed by atoms with E-state index in [1.165, 1.54) is 4.90 Å². The van der Waals surface area contributed by atoms with Gasteiger partial charge in [0.15, 0.2) is 0 Å². The summed E-state index contributed by atoms with van der Waals surface area (Å²) in [7, 11) is 0. The van der Waals surface area contributed by atoms with E-state index in [0.29, 0.717) is 24.7 Å². The molecule has 0 bridgehead atoms. The third-order valence-corrected chi connectivity index (χ3v) is 5.68. The van der Waals surface area contributed by atoms with E-state index < -0.39 is 0 Å². The third kappa shape index (κ3) is 6.19. The van der Waals surface area contributed by atoms with Gasteiger partial charge >= 0.3 is 0 Å². The number of nitrogens with zero attached hydrogens (tertiary/aromatic N) is 2. The fraction of sp³-hybridized carbons (Fsp3) is 0.591. The van der Waals surface area contributed by atoms with Crippen molar-refractivity contribution in [1.82, 2.24) is 10.2 Å². The van der Waals surface area contributed by atoms with Crippen LogP contribution in [0, 0.1) is 11.8 Å². The van der Waals surface area contributed by atoms with Gasteiger partial charge in [0.05, 0.1) is 19.8 Å². The zero-order valence-corrected chi connectivity index (χ0v) is 17.9. The van der Waals surface area contributed by atoms with Crippen molar-refractivity contribution in [3.63, 3.8) is 0 Å². The Hall–Kier alpha value is -2.61. The number of morpholine rings is 1. The maximum absolute atomic E-state index is 12.4. The minimum absolute atomic E-state index is 0.00580. The summed E-state index contributed by atoms with van der Waals surface area (Å²) in [4.78, 5) is 40.4. The zero-order valence-electron chi connectivity index (χ0n) is 17.9.